The lowest BCUT2D eigenvalue weighted by Crippen LogP contribution is -1.95. The first-order chi connectivity index (χ1) is 68.3. The van der Waals surface area contributed by atoms with Gasteiger partial charge in [0.05, 0.1) is 86.2 Å². The van der Waals surface area contributed by atoms with Gasteiger partial charge in [-0.2, -0.15) is 10.5 Å². The lowest BCUT2D eigenvalue weighted by atomic mass is 9.94. The second-order valence-corrected chi connectivity index (χ2v) is 35.3. The van der Waals surface area contributed by atoms with Gasteiger partial charge in [0.1, 0.15) is 33.5 Å². The number of furan rings is 3. The van der Waals surface area contributed by atoms with Gasteiger partial charge in [-0.15, -0.1) is 0 Å². The first kappa shape index (κ1) is 78.5. The molecular weight excluding hydrogens is 1690 g/mol. The third kappa shape index (κ3) is 12.5. The molecule has 12 heteroatoms. The van der Waals surface area contributed by atoms with Crippen LogP contribution >= 0.6 is 0 Å². The van der Waals surface area contributed by atoms with Crippen molar-refractivity contribution in [3.8, 4) is 85.1 Å². The number of hydrogen-bond acceptors (Lipinski definition) is 8. The molecule has 0 N–H and O–H groups in total. The van der Waals surface area contributed by atoms with Crippen LogP contribution in [0.3, 0.4) is 0 Å². The second-order valence-electron chi connectivity index (χ2n) is 35.3. The Morgan fingerprint density at radius 2 is 0.594 bits per heavy atom. The zero-order valence-electron chi connectivity index (χ0n) is 73.7. The van der Waals surface area contributed by atoms with Crippen molar-refractivity contribution in [2.24, 2.45) is 0 Å². The van der Waals surface area contributed by atoms with Gasteiger partial charge in [-0.25, -0.2) is 4.85 Å². The number of hydrogen-bond donors (Lipinski definition) is 0. The minimum absolute atomic E-state index is 0.637. The van der Waals surface area contributed by atoms with E-state index in [1.807, 2.05) is 104 Å². The van der Waals surface area contributed by atoms with Crippen molar-refractivity contribution in [1.29, 1.82) is 10.5 Å². The summed E-state index contributed by atoms with van der Waals surface area (Å²) in [5, 5.41) is 46.8. The number of rotatable bonds is 8. The molecule has 0 bridgehead atoms. The number of benzene rings is 20. The van der Waals surface area contributed by atoms with Crippen LogP contribution in [0.4, 0.5) is 5.69 Å². The summed E-state index contributed by atoms with van der Waals surface area (Å²) in [6.45, 7) is 7.49. The summed E-state index contributed by atoms with van der Waals surface area (Å²) in [4.78, 5) is 18.5. The molecule has 0 saturated carbocycles. The Balaban J connectivity index is 0.000000105. The van der Waals surface area contributed by atoms with E-state index >= 15 is 0 Å². The summed E-state index contributed by atoms with van der Waals surface area (Å²) in [6.07, 6.45) is 7.74. The van der Waals surface area contributed by atoms with Crippen LogP contribution in [0.25, 0.3) is 274 Å². The number of fused-ring (bicyclic) bond motifs is 30. The summed E-state index contributed by atoms with van der Waals surface area (Å²) in [7, 11) is 0. The molecule has 0 aliphatic heterocycles. The number of nitriles is 2. The molecule has 12 nitrogen and oxygen atoms in total. The van der Waals surface area contributed by atoms with Crippen molar-refractivity contribution in [3.63, 3.8) is 0 Å². The lowest BCUT2D eigenvalue weighted by molar-refractivity contribution is 0.670. The second kappa shape index (κ2) is 31.5. The molecule has 0 saturated heterocycles. The van der Waals surface area contributed by atoms with E-state index in [9.17, 15) is 10.5 Å². The molecule has 0 aliphatic rings. The van der Waals surface area contributed by atoms with Crippen molar-refractivity contribution in [2.45, 2.75) is 0 Å². The molecule has 9 heterocycles. The van der Waals surface area contributed by atoms with Crippen LogP contribution in [0, 0.1) is 29.2 Å². The van der Waals surface area contributed by atoms with Crippen molar-refractivity contribution < 1.29 is 13.3 Å². The summed E-state index contributed by atoms with van der Waals surface area (Å²) < 4.78 is 26.7. The van der Waals surface area contributed by atoms with E-state index in [-0.39, 0.29) is 0 Å². The Hall–Kier alpha value is -19.3. The fourth-order valence-corrected chi connectivity index (χ4v) is 21.5. The van der Waals surface area contributed by atoms with Gasteiger partial charge >= 0.3 is 0 Å². The first-order valence-electron chi connectivity index (χ1n) is 45.9. The van der Waals surface area contributed by atoms with E-state index in [0.29, 0.717) is 16.8 Å². The van der Waals surface area contributed by atoms with Crippen molar-refractivity contribution in [2.75, 3.05) is 0 Å². The summed E-state index contributed by atoms with van der Waals surface area (Å²) in [6, 6.07) is 145. The van der Waals surface area contributed by atoms with Crippen LogP contribution in [0.15, 0.2) is 444 Å². The van der Waals surface area contributed by atoms with Gasteiger partial charge in [-0.3, -0.25) is 15.0 Å². The van der Waals surface area contributed by atoms with E-state index < -0.39 is 0 Å². The largest absolute Gasteiger partial charge is 0.455 e. The summed E-state index contributed by atoms with van der Waals surface area (Å²) >= 11 is 0. The van der Waals surface area contributed by atoms with Crippen molar-refractivity contribution in [3.05, 3.63) is 454 Å². The SMILES string of the molecule is N#Cc1ccc2c(c1)c1cc(-c3ccc(-c4cc5ccccc5c5c4oc4ccc6ccccc6c45)nc3)ccc1n2-c1ccccc1.N#Cc1ccc2c(c1)c1cc(-c3cncc(-c4cc5ccccc5c5c4oc4ccc6ccccc6c45)c3)ccc1n2-c1ccccc1.[C-]#[N+]c1ccc2c(c1)c1ccccc1n2-c1ccc(-c2cc3ccccc3c3c2oc2ccc4ccccc4c23)nc1. The normalized spacial score (nSPS) is 11.7. The number of pyridine rings is 3. The fraction of sp³-hybridized carbons (Fsp3) is 0. The Morgan fingerprint density at radius 3 is 1.04 bits per heavy atom. The smallest absolute Gasteiger partial charge is 0.188 e. The highest BCUT2D eigenvalue weighted by atomic mass is 16.3. The summed E-state index contributed by atoms with van der Waals surface area (Å²) in [5.41, 5.74) is 26.5. The average molecular weight is 1760 g/mol. The number of aromatic nitrogens is 6. The molecule has 0 spiro atoms. The maximum Gasteiger partial charge on any atom is 0.188 e. The van der Waals surface area contributed by atoms with Crippen LogP contribution in [0.1, 0.15) is 11.1 Å². The van der Waals surface area contributed by atoms with E-state index in [2.05, 4.69) is 358 Å². The molecule has 0 aliphatic carbocycles. The van der Waals surface area contributed by atoms with Gasteiger partial charge in [-0.05, 0) is 245 Å². The van der Waals surface area contributed by atoms with Gasteiger partial charge < -0.3 is 27.0 Å². The predicted octanol–water partition coefficient (Wildman–Crippen LogP) is 33.8. The fourth-order valence-electron chi connectivity index (χ4n) is 21.5. The lowest BCUT2D eigenvalue weighted by Gasteiger charge is -2.10. The Labute approximate surface area is 787 Å². The van der Waals surface area contributed by atoms with E-state index in [1.54, 1.807) is 0 Å². The molecule has 29 rings (SSSR count). The van der Waals surface area contributed by atoms with E-state index in [1.165, 1.54) is 48.5 Å². The highest BCUT2D eigenvalue weighted by molar-refractivity contribution is 6.32. The van der Waals surface area contributed by atoms with Crippen LogP contribution < -0.4 is 0 Å². The van der Waals surface area contributed by atoms with Gasteiger partial charge in [-0.1, -0.05) is 243 Å². The molecule has 20 aromatic carbocycles. The predicted molar refractivity (Wildman–Crippen MR) is 565 cm³/mol. The zero-order chi connectivity index (χ0) is 91.3. The number of nitrogens with zero attached hydrogens (tertiary/aromatic N) is 9. The standard InChI is InChI=1S/2C44H25N3O.C38H21N3O/c45-25-27-14-19-39-35(22-27)36-23-29(16-20-40(36)47(39)32-10-2-1-3-11-32)31-15-18-38(46-26-31)37-24-30-9-5-7-13-34(30)43-42-33-12-6-4-8-28(33)17-21-41(42)48-44(37)43;45-24-27-14-17-39-37(20-27)38-22-29(15-18-40(38)47(39)33-10-2-1-3-11-33)31-21-32(26-46-25-31)36-23-30-9-5-7-13-35(30)43-42-34-12-6-4-8-28(34)16-19-41(42)48-44(36)43;1-39-25-15-18-34-30(21-25)29-12-6-7-13-33(29)41(34)26-16-17-32(40-22-26)31-20-24-9-3-5-11-28(24)37-36-27-10-4-2-8-23(27)14-19-35(36)42-38(31)37/h1-24,26H;1-23,25-26H;2-22H. The maximum atomic E-state index is 9.73. The molecule has 0 fully saturated rings. The maximum absolute atomic E-state index is 9.73. The first-order valence-corrected chi connectivity index (χ1v) is 45.9. The van der Waals surface area contributed by atoms with Gasteiger partial charge in [0.25, 0.3) is 0 Å². The molecule has 29 aromatic rings. The Morgan fingerprint density at radius 1 is 0.239 bits per heavy atom. The minimum atomic E-state index is 0.637. The van der Waals surface area contributed by atoms with Crippen molar-refractivity contribution in [1.82, 2.24) is 28.7 Å². The van der Waals surface area contributed by atoms with Gasteiger partial charge in [0, 0.05) is 123 Å². The third-order valence-corrected chi connectivity index (χ3v) is 27.7. The van der Waals surface area contributed by atoms with Gasteiger partial charge in [0.2, 0.25) is 0 Å². The van der Waals surface area contributed by atoms with E-state index in [0.717, 1.165) is 220 Å². The van der Waals surface area contributed by atoms with Gasteiger partial charge in [0.15, 0.2) is 5.69 Å². The number of para-hydroxylation sites is 3. The quantitative estimate of drug-likeness (QED) is 0.137. The molecule has 0 amide bonds. The topological polar surface area (TPSA) is 145 Å². The monoisotopic (exact) mass is 1760 g/mol. The third-order valence-electron chi connectivity index (χ3n) is 27.7. The van der Waals surface area contributed by atoms with Crippen LogP contribution in [0.2, 0.25) is 0 Å². The molecule has 0 atom stereocenters. The molecule has 138 heavy (non-hydrogen) atoms. The minimum Gasteiger partial charge on any atom is -0.455 e. The molecule has 0 radical (unpaired) electrons. The van der Waals surface area contributed by atoms with Crippen molar-refractivity contribution >= 4 is 202 Å². The Bertz CT molecular complexity index is 10400. The van der Waals surface area contributed by atoms with E-state index in [4.69, 9.17) is 34.8 Å². The highest BCUT2D eigenvalue weighted by Gasteiger charge is 2.26. The van der Waals surface area contributed by atoms with Crippen LogP contribution in [0.5, 0.6) is 0 Å². The van der Waals surface area contributed by atoms with Crippen LogP contribution in [-0.4, -0.2) is 28.7 Å². The molecule has 0 unspecified atom stereocenters. The molecule has 638 valence electrons. The average Bonchev–Trinajstić information content (AvgIpc) is 1.57. The molecule has 9 aromatic heterocycles. The van der Waals surface area contributed by atoms with Crippen LogP contribution in [-0.2, 0) is 0 Å². The highest BCUT2D eigenvalue weighted by Crippen LogP contribution is 2.50. The molecular formula is C126H71N9O3. The summed E-state index contributed by atoms with van der Waals surface area (Å²) in [5.74, 6) is 0. The Kier molecular flexibility index (Phi) is 17.9. The zero-order valence-corrected chi connectivity index (χ0v) is 73.7.